The molecule has 2 nitrogen and oxygen atoms in total. The maximum Gasteiger partial charge on any atom is 0.169 e. The Bertz CT molecular complexity index is 422. The molecule has 0 saturated heterocycles. The number of benzene rings is 1. The van der Waals surface area contributed by atoms with E-state index in [1.165, 1.54) is 0 Å². The average molecular weight is 194 g/mol. The molecule has 3 heteroatoms. The zero-order valence-corrected chi connectivity index (χ0v) is 7.88. The third kappa shape index (κ3) is 1.58. The predicted molar refractivity (Wildman–Crippen MR) is 51.7 cm³/mol. The van der Waals surface area contributed by atoms with Gasteiger partial charge >= 0.3 is 0 Å². The maximum absolute atomic E-state index is 5.85. The molecule has 66 valence electrons. The van der Waals surface area contributed by atoms with E-state index in [2.05, 4.69) is 5.16 Å². The molecule has 0 amide bonds. The quantitative estimate of drug-likeness (QED) is 0.695. The summed E-state index contributed by atoms with van der Waals surface area (Å²) < 4.78 is 5.10. The minimum Gasteiger partial charge on any atom is -0.356 e. The van der Waals surface area contributed by atoms with Crippen molar-refractivity contribution in [3.63, 3.8) is 0 Å². The second-order valence-corrected chi connectivity index (χ2v) is 3.28. The van der Waals surface area contributed by atoms with E-state index in [9.17, 15) is 0 Å². The van der Waals surface area contributed by atoms with Crippen molar-refractivity contribution in [1.82, 2.24) is 5.16 Å². The molecule has 0 fully saturated rings. The van der Waals surface area contributed by atoms with Crippen molar-refractivity contribution in [3.8, 4) is 11.3 Å². The van der Waals surface area contributed by atoms with Crippen LogP contribution in [0.4, 0.5) is 0 Å². The van der Waals surface area contributed by atoms with E-state index in [1.54, 1.807) is 6.20 Å². The number of hydrogen-bond acceptors (Lipinski definition) is 2. The van der Waals surface area contributed by atoms with Crippen LogP contribution in [0.1, 0.15) is 5.56 Å². The van der Waals surface area contributed by atoms with Gasteiger partial charge in [-0.05, 0) is 19.1 Å². The summed E-state index contributed by atoms with van der Waals surface area (Å²) in [7, 11) is 0. The fraction of sp³-hybridized carbons (Fsp3) is 0.100. The van der Waals surface area contributed by atoms with Crippen molar-refractivity contribution in [1.29, 1.82) is 0 Å². The number of aryl methyl sites for hydroxylation is 1. The van der Waals surface area contributed by atoms with Crippen molar-refractivity contribution in [2.75, 3.05) is 0 Å². The number of hydrogen-bond donors (Lipinski definition) is 0. The lowest BCUT2D eigenvalue weighted by molar-refractivity contribution is 0.432. The van der Waals surface area contributed by atoms with Gasteiger partial charge in [0, 0.05) is 16.1 Å². The van der Waals surface area contributed by atoms with Gasteiger partial charge < -0.3 is 4.52 Å². The highest BCUT2D eigenvalue weighted by Crippen LogP contribution is 2.24. The van der Waals surface area contributed by atoms with E-state index in [0.717, 1.165) is 16.9 Å². The normalized spacial score (nSPS) is 10.3. The smallest absolute Gasteiger partial charge is 0.169 e. The molecule has 1 aromatic carbocycles. The Morgan fingerprint density at radius 3 is 2.85 bits per heavy atom. The second kappa shape index (κ2) is 3.23. The highest BCUT2D eigenvalue weighted by molar-refractivity contribution is 6.30. The van der Waals surface area contributed by atoms with Gasteiger partial charge in [0.1, 0.15) is 0 Å². The number of rotatable bonds is 1. The molecule has 13 heavy (non-hydrogen) atoms. The Hall–Kier alpha value is -1.28. The molecule has 0 atom stereocenters. The van der Waals surface area contributed by atoms with Crippen LogP contribution >= 0.6 is 11.6 Å². The fourth-order valence-corrected chi connectivity index (χ4v) is 1.39. The molecule has 0 N–H and O–H groups in total. The monoisotopic (exact) mass is 193 g/mol. The van der Waals surface area contributed by atoms with Crippen molar-refractivity contribution in [3.05, 3.63) is 41.0 Å². The zero-order chi connectivity index (χ0) is 9.26. The Labute approximate surface area is 81.1 Å². The van der Waals surface area contributed by atoms with Crippen LogP contribution in [-0.2, 0) is 0 Å². The van der Waals surface area contributed by atoms with Crippen LogP contribution in [-0.4, -0.2) is 5.16 Å². The molecule has 0 bridgehead atoms. The van der Waals surface area contributed by atoms with Gasteiger partial charge in [0.05, 0.1) is 6.20 Å². The Kier molecular flexibility index (Phi) is 2.07. The first kappa shape index (κ1) is 8.32. The van der Waals surface area contributed by atoms with Crippen LogP contribution in [0, 0.1) is 6.92 Å². The van der Waals surface area contributed by atoms with Crippen LogP contribution in [0.15, 0.2) is 35.0 Å². The molecule has 0 aliphatic heterocycles. The van der Waals surface area contributed by atoms with E-state index < -0.39 is 0 Å². The Morgan fingerprint density at radius 2 is 2.23 bits per heavy atom. The van der Waals surface area contributed by atoms with Gasteiger partial charge in [0.15, 0.2) is 5.76 Å². The van der Waals surface area contributed by atoms with Gasteiger partial charge in [0.2, 0.25) is 0 Å². The second-order valence-electron chi connectivity index (χ2n) is 2.85. The maximum atomic E-state index is 5.85. The summed E-state index contributed by atoms with van der Waals surface area (Å²) >= 11 is 5.85. The summed E-state index contributed by atoms with van der Waals surface area (Å²) in [6.07, 6.45) is 1.69. The van der Waals surface area contributed by atoms with Crippen LogP contribution in [0.2, 0.25) is 5.02 Å². The Morgan fingerprint density at radius 1 is 1.38 bits per heavy atom. The molecule has 0 unspecified atom stereocenters. The summed E-state index contributed by atoms with van der Waals surface area (Å²) in [4.78, 5) is 0. The minimum absolute atomic E-state index is 0.702. The molecule has 2 rings (SSSR count). The van der Waals surface area contributed by atoms with E-state index in [0.29, 0.717) is 5.02 Å². The molecular weight excluding hydrogens is 186 g/mol. The van der Waals surface area contributed by atoms with Gasteiger partial charge in [-0.15, -0.1) is 0 Å². The standard InChI is InChI=1S/C10H8ClNO/c1-7-6-12-13-10(7)8-3-2-4-9(11)5-8/h2-6H,1H3. The number of nitrogens with zero attached hydrogens (tertiary/aromatic N) is 1. The molecule has 0 aliphatic carbocycles. The van der Waals surface area contributed by atoms with E-state index in [4.69, 9.17) is 16.1 Å². The van der Waals surface area contributed by atoms with Crippen molar-refractivity contribution in [2.24, 2.45) is 0 Å². The van der Waals surface area contributed by atoms with E-state index in [1.807, 2.05) is 31.2 Å². The first-order valence-electron chi connectivity index (χ1n) is 3.94. The SMILES string of the molecule is Cc1cnoc1-c1cccc(Cl)c1. The van der Waals surface area contributed by atoms with Gasteiger partial charge in [-0.2, -0.15) is 0 Å². The summed E-state index contributed by atoms with van der Waals surface area (Å²) in [5.74, 6) is 0.780. The van der Waals surface area contributed by atoms with Crippen molar-refractivity contribution in [2.45, 2.75) is 6.92 Å². The molecule has 1 aromatic heterocycles. The molecule has 0 spiro atoms. The molecule has 0 saturated carbocycles. The third-order valence-corrected chi connectivity index (χ3v) is 2.07. The highest BCUT2D eigenvalue weighted by atomic mass is 35.5. The van der Waals surface area contributed by atoms with Gasteiger partial charge in [-0.3, -0.25) is 0 Å². The lowest BCUT2D eigenvalue weighted by Crippen LogP contribution is -1.76. The largest absolute Gasteiger partial charge is 0.356 e. The summed E-state index contributed by atoms with van der Waals surface area (Å²) in [6, 6.07) is 7.52. The number of aromatic nitrogens is 1. The zero-order valence-electron chi connectivity index (χ0n) is 7.12. The molecule has 0 aliphatic rings. The van der Waals surface area contributed by atoms with Crippen LogP contribution in [0.5, 0.6) is 0 Å². The van der Waals surface area contributed by atoms with Gasteiger partial charge in [-0.25, -0.2) is 0 Å². The highest BCUT2D eigenvalue weighted by Gasteiger charge is 2.06. The molecule has 2 aromatic rings. The van der Waals surface area contributed by atoms with Crippen molar-refractivity contribution >= 4 is 11.6 Å². The first-order valence-corrected chi connectivity index (χ1v) is 4.32. The molecular formula is C10H8ClNO. The lowest BCUT2D eigenvalue weighted by Gasteiger charge is -1.96. The lowest BCUT2D eigenvalue weighted by atomic mass is 10.1. The average Bonchev–Trinajstić information content (AvgIpc) is 2.51. The summed E-state index contributed by atoms with van der Waals surface area (Å²) in [5.41, 5.74) is 1.98. The van der Waals surface area contributed by atoms with E-state index >= 15 is 0 Å². The fourth-order valence-electron chi connectivity index (χ4n) is 1.20. The third-order valence-electron chi connectivity index (χ3n) is 1.84. The topological polar surface area (TPSA) is 26.0 Å². The summed E-state index contributed by atoms with van der Waals surface area (Å²) in [5, 5.41) is 4.41. The number of halogens is 1. The minimum atomic E-state index is 0.702. The van der Waals surface area contributed by atoms with Crippen LogP contribution in [0.3, 0.4) is 0 Å². The van der Waals surface area contributed by atoms with Gasteiger partial charge in [-0.1, -0.05) is 28.9 Å². The Balaban J connectivity index is 2.53. The van der Waals surface area contributed by atoms with Crippen LogP contribution < -0.4 is 0 Å². The predicted octanol–water partition coefficient (Wildman–Crippen LogP) is 3.30. The van der Waals surface area contributed by atoms with Crippen LogP contribution in [0.25, 0.3) is 11.3 Å². The van der Waals surface area contributed by atoms with E-state index in [-0.39, 0.29) is 0 Å². The van der Waals surface area contributed by atoms with Crippen molar-refractivity contribution < 1.29 is 4.52 Å². The summed E-state index contributed by atoms with van der Waals surface area (Å²) in [6.45, 7) is 1.95. The first-order chi connectivity index (χ1) is 6.27. The molecule has 1 heterocycles. The van der Waals surface area contributed by atoms with Gasteiger partial charge in [0.25, 0.3) is 0 Å². The molecule has 0 radical (unpaired) electrons.